The third kappa shape index (κ3) is 12.5. The van der Waals surface area contributed by atoms with Gasteiger partial charge >= 0.3 is 5.97 Å². The van der Waals surface area contributed by atoms with Crippen LogP contribution in [0.4, 0.5) is 0 Å². The molecule has 2 amide bonds. The number of ether oxygens (including phenoxy) is 8. The van der Waals surface area contributed by atoms with Crippen LogP contribution >= 0.6 is 0 Å². The number of hydrogen-bond acceptors (Lipinski definition) is 24. The van der Waals surface area contributed by atoms with Crippen LogP contribution in [0.2, 0.25) is 0 Å². The van der Waals surface area contributed by atoms with Crippen LogP contribution in [0.25, 0.3) is 0 Å². The van der Waals surface area contributed by atoms with Gasteiger partial charge in [0.15, 0.2) is 18.9 Å². The van der Waals surface area contributed by atoms with E-state index in [1.165, 1.54) is 0 Å². The normalized spacial score (nSPS) is 42.0. The molecule has 4 aliphatic heterocycles. The second-order valence-electron chi connectivity index (χ2n) is 15.7. The lowest BCUT2D eigenvalue weighted by Gasteiger charge is -2.51. The topological polar surface area (TPSA) is 438 Å². The third-order valence-corrected chi connectivity index (χ3v) is 11.1. The molecule has 0 saturated carbocycles. The number of nitrogens with two attached hydrogens (primary N) is 1. The lowest BCUT2D eigenvalue weighted by atomic mass is 9.88. The van der Waals surface area contributed by atoms with Gasteiger partial charge in [0.2, 0.25) is 11.8 Å². The average molecular weight is 922 g/mol. The summed E-state index contributed by atoms with van der Waals surface area (Å²) in [4.78, 5) is 37.1. The molecule has 4 heterocycles. The van der Waals surface area contributed by atoms with Crippen LogP contribution in [-0.2, 0) is 52.3 Å². The molecule has 0 spiro atoms. The molecule has 0 aromatic carbocycles. The van der Waals surface area contributed by atoms with Crippen molar-refractivity contribution in [1.29, 1.82) is 0 Å². The molecule has 27 nitrogen and oxygen atoms in total. The highest BCUT2D eigenvalue weighted by atomic mass is 16.8. The number of aliphatic hydroxyl groups excluding tert-OH is 12. The highest BCUT2D eigenvalue weighted by Gasteiger charge is 2.60. The zero-order valence-electron chi connectivity index (χ0n) is 34.5. The summed E-state index contributed by atoms with van der Waals surface area (Å²) < 4.78 is 45.7. The summed E-state index contributed by atoms with van der Waals surface area (Å²) in [6.45, 7) is -1.25. The van der Waals surface area contributed by atoms with Crippen LogP contribution in [-0.4, -0.2) is 252 Å². The van der Waals surface area contributed by atoms with Crippen molar-refractivity contribution in [3.63, 3.8) is 0 Å². The van der Waals surface area contributed by atoms with E-state index in [0.29, 0.717) is 19.4 Å². The maximum absolute atomic E-state index is 12.8. The Labute approximate surface area is 360 Å². The molecule has 21 atom stereocenters. The van der Waals surface area contributed by atoms with Crippen molar-refractivity contribution in [1.82, 2.24) is 10.6 Å². The van der Waals surface area contributed by atoms with Crippen molar-refractivity contribution in [2.75, 3.05) is 39.6 Å². The number of aliphatic hydroxyl groups is 12. The monoisotopic (exact) mass is 921 g/mol. The van der Waals surface area contributed by atoms with E-state index in [0.717, 1.165) is 20.3 Å². The first-order valence-corrected chi connectivity index (χ1v) is 20.4. The predicted molar refractivity (Wildman–Crippen MR) is 201 cm³/mol. The van der Waals surface area contributed by atoms with Gasteiger partial charge in [-0.2, -0.15) is 0 Å². The summed E-state index contributed by atoms with van der Waals surface area (Å²) in [5, 5.41) is 143. The number of carbonyl (C=O) groups excluding carboxylic acids is 2. The summed E-state index contributed by atoms with van der Waals surface area (Å²) in [7, 11) is 0. The van der Waals surface area contributed by atoms with Crippen molar-refractivity contribution < 1.29 is 119 Å². The Morgan fingerprint density at radius 2 is 1.21 bits per heavy atom. The molecule has 63 heavy (non-hydrogen) atoms. The first-order chi connectivity index (χ1) is 29.8. The molecule has 27 heteroatoms. The molecule has 0 unspecified atom stereocenters. The maximum Gasteiger partial charge on any atom is 0.364 e. The minimum atomic E-state index is -3.05. The number of amides is 2. The molecule has 0 bridgehead atoms. The van der Waals surface area contributed by atoms with E-state index in [1.54, 1.807) is 0 Å². The Morgan fingerprint density at radius 1 is 0.698 bits per heavy atom. The van der Waals surface area contributed by atoms with Crippen molar-refractivity contribution in [3.8, 4) is 0 Å². The molecule has 4 saturated heterocycles. The molecule has 4 rings (SSSR count). The summed E-state index contributed by atoms with van der Waals surface area (Å²) >= 11 is 0. The second kappa shape index (κ2) is 23.8. The van der Waals surface area contributed by atoms with Crippen molar-refractivity contribution in [2.45, 2.75) is 168 Å². The first-order valence-electron chi connectivity index (χ1n) is 20.4. The van der Waals surface area contributed by atoms with Gasteiger partial charge in [0.1, 0.15) is 91.5 Å². The molecule has 0 aliphatic carbocycles. The minimum absolute atomic E-state index is 0.121. The molecule has 366 valence electrons. The van der Waals surface area contributed by atoms with Crippen molar-refractivity contribution in [3.05, 3.63) is 0 Å². The van der Waals surface area contributed by atoms with Crippen LogP contribution in [0.15, 0.2) is 0 Å². The smallest absolute Gasteiger partial charge is 0.364 e. The summed E-state index contributed by atoms with van der Waals surface area (Å²) in [5.41, 5.74) is 5.50. The fourth-order valence-corrected chi connectivity index (χ4v) is 7.81. The number of carbonyl (C=O) groups is 3. The molecule has 4 fully saturated rings. The molecule has 0 aromatic rings. The van der Waals surface area contributed by atoms with Crippen LogP contribution < -0.4 is 16.4 Å². The predicted octanol–water partition coefficient (Wildman–Crippen LogP) is -9.10. The number of hydrogen-bond donors (Lipinski definition) is 16. The molecule has 17 N–H and O–H groups in total. The van der Waals surface area contributed by atoms with Crippen LogP contribution in [0.1, 0.15) is 39.5 Å². The largest absolute Gasteiger partial charge is 0.477 e. The van der Waals surface area contributed by atoms with Gasteiger partial charge in [0, 0.05) is 26.9 Å². The van der Waals surface area contributed by atoms with Gasteiger partial charge in [-0.3, -0.25) is 9.59 Å². The third-order valence-electron chi connectivity index (χ3n) is 11.1. The van der Waals surface area contributed by atoms with E-state index in [9.17, 15) is 80.8 Å². The van der Waals surface area contributed by atoms with E-state index in [1.807, 2.05) is 0 Å². The number of carboxylic acid groups (broad SMARTS) is 1. The van der Waals surface area contributed by atoms with Crippen molar-refractivity contribution in [2.24, 2.45) is 5.73 Å². The quantitative estimate of drug-likeness (QED) is 0.0475. The van der Waals surface area contributed by atoms with Gasteiger partial charge in [-0.1, -0.05) is 0 Å². The zero-order valence-corrected chi connectivity index (χ0v) is 34.5. The number of nitrogens with one attached hydrogen (secondary N) is 2. The van der Waals surface area contributed by atoms with Gasteiger partial charge in [0.05, 0.1) is 38.6 Å². The fourth-order valence-electron chi connectivity index (χ4n) is 7.81. The molecule has 0 radical (unpaired) electrons. The summed E-state index contributed by atoms with van der Waals surface area (Å²) in [5.74, 6) is -6.58. The standard InChI is InChI=1S/C36H63N3O24/c1-13(44)38-20-15(46)8-36(35(54)55,63-31(20)22(48)16(47)9-40)62-30-19(12-43)59-34(27(53)25(30)51)61-28-17(10-41)57-32(21(23(28)49)39-14(2)45)60-29-18(11-42)58-33(26(52)24(29)50)56-7-5-3-4-6-37/h15-34,40-43,46-53H,3-12,37H2,1-2H3,(H,38,44)(H,39,45)(H,54,55)/t15-,16+,17+,18+,19+,20+,21+,22+,23+,24+,25+,26+,27+,28-,29-,30-,31+,32+,33+,34-,36-/m0/s1. The number of unbranched alkanes of at least 4 members (excludes halogenated alkanes) is 2. The highest BCUT2D eigenvalue weighted by Crippen LogP contribution is 2.39. The number of carboxylic acids is 1. The van der Waals surface area contributed by atoms with Crippen LogP contribution in [0.3, 0.4) is 0 Å². The van der Waals surface area contributed by atoms with Gasteiger partial charge in [-0.05, 0) is 25.8 Å². The number of rotatable bonds is 21. The molecular formula is C36H63N3O24. The van der Waals surface area contributed by atoms with E-state index < -0.39 is 179 Å². The Bertz CT molecular complexity index is 1450. The van der Waals surface area contributed by atoms with E-state index in [-0.39, 0.29) is 6.61 Å². The maximum atomic E-state index is 12.8. The van der Waals surface area contributed by atoms with Crippen molar-refractivity contribution >= 4 is 17.8 Å². The Hall–Kier alpha value is -2.43. The second-order valence-corrected chi connectivity index (χ2v) is 15.7. The summed E-state index contributed by atoms with van der Waals surface area (Å²) in [6, 6.07) is -3.21. The lowest BCUT2D eigenvalue weighted by molar-refractivity contribution is -0.385. The zero-order chi connectivity index (χ0) is 46.9. The molecule has 0 aromatic heterocycles. The van der Waals surface area contributed by atoms with Gasteiger partial charge in [-0.15, -0.1) is 0 Å². The SMILES string of the molecule is CC(=O)N[C@H]1[C@@H](O[C@@H]2[C@H](O)[C@@H](O)[C@H](OCCCCCN)O[C@@H]2CO)O[C@H](CO)[C@H](O[C@@H]2O[C@H](CO)[C@H](O[C@@]3(C(=O)O)C[C@H](O)[C@@H](NC(C)=O)[C@H]([C@H](O)[C@H](O)CO)O3)[C@H](O)[C@H]2O)[C@@H]1O. The van der Waals surface area contributed by atoms with Gasteiger partial charge < -0.3 is 121 Å². The Kier molecular flexibility index (Phi) is 20.1. The first kappa shape index (κ1) is 53.2. The van der Waals surface area contributed by atoms with Gasteiger partial charge in [-0.25, -0.2) is 4.79 Å². The Balaban J connectivity index is 1.53. The summed E-state index contributed by atoms with van der Waals surface area (Å²) in [6.07, 6.45) is -32.5. The van der Waals surface area contributed by atoms with E-state index in [2.05, 4.69) is 10.6 Å². The van der Waals surface area contributed by atoms with Crippen LogP contribution in [0, 0.1) is 0 Å². The average Bonchev–Trinajstić information content (AvgIpc) is 3.24. The highest BCUT2D eigenvalue weighted by molar-refractivity contribution is 5.76. The van der Waals surface area contributed by atoms with Gasteiger partial charge in [0.25, 0.3) is 5.79 Å². The molecular weight excluding hydrogens is 858 g/mol. The fraction of sp³-hybridized carbons (Fsp3) is 0.917. The minimum Gasteiger partial charge on any atom is -0.477 e. The van der Waals surface area contributed by atoms with Crippen LogP contribution in [0.5, 0.6) is 0 Å². The van der Waals surface area contributed by atoms with E-state index in [4.69, 9.17) is 43.6 Å². The lowest BCUT2D eigenvalue weighted by Crippen LogP contribution is -2.71. The van der Waals surface area contributed by atoms with E-state index >= 15 is 0 Å². The Morgan fingerprint density at radius 3 is 1.76 bits per heavy atom. The number of aliphatic carboxylic acids is 1. The molecule has 4 aliphatic rings.